The van der Waals surface area contributed by atoms with Crippen LogP contribution in [0.25, 0.3) is 17.0 Å². The van der Waals surface area contributed by atoms with Crippen molar-refractivity contribution in [3.8, 4) is 17.2 Å². The van der Waals surface area contributed by atoms with Crippen molar-refractivity contribution in [2.45, 2.75) is 23.5 Å². The van der Waals surface area contributed by atoms with Gasteiger partial charge in [0.25, 0.3) is 11.8 Å². The molecule has 0 saturated heterocycles. The number of carbonyl (C=O) groups is 3. The van der Waals surface area contributed by atoms with E-state index in [4.69, 9.17) is 14.2 Å². The van der Waals surface area contributed by atoms with Crippen LogP contribution in [0.4, 0.5) is 11.4 Å². The highest BCUT2D eigenvalue weighted by Crippen LogP contribution is 2.36. The molecule has 4 aromatic carbocycles. The molecule has 0 spiro atoms. The van der Waals surface area contributed by atoms with Crippen LogP contribution >= 0.6 is 11.8 Å². The number of benzene rings is 4. The largest absolute Gasteiger partial charge is 0.496 e. The first kappa shape index (κ1) is 33.7. The zero-order chi connectivity index (χ0) is 34.0. The lowest BCUT2D eigenvalue weighted by molar-refractivity contribution is -0.116. The highest BCUT2D eigenvalue weighted by Gasteiger charge is 2.21. The predicted molar refractivity (Wildman–Crippen MR) is 190 cm³/mol. The van der Waals surface area contributed by atoms with E-state index in [1.165, 1.54) is 39.2 Å². The second kappa shape index (κ2) is 15.7. The Morgan fingerprint density at radius 3 is 2.25 bits per heavy atom. The van der Waals surface area contributed by atoms with Gasteiger partial charge in [-0.05, 0) is 72.5 Å². The van der Waals surface area contributed by atoms with Crippen LogP contribution in [-0.2, 0) is 9.59 Å². The minimum absolute atomic E-state index is 0.0303. The van der Waals surface area contributed by atoms with Crippen molar-refractivity contribution < 1.29 is 28.6 Å². The number of fused-ring (bicyclic) bond motifs is 1. The lowest BCUT2D eigenvalue weighted by atomic mass is 10.1. The van der Waals surface area contributed by atoms with Crippen LogP contribution in [0.2, 0.25) is 0 Å². The van der Waals surface area contributed by atoms with E-state index in [-0.39, 0.29) is 16.9 Å². The number of aromatic amines is 1. The van der Waals surface area contributed by atoms with Crippen molar-refractivity contribution in [2.75, 3.05) is 32.0 Å². The van der Waals surface area contributed by atoms with Crippen LogP contribution in [0.15, 0.2) is 108 Å². The maximum Gasteiger partial charge on any atom is 0.272 e. The van der Waals surface area contributed by atoms with E-state index < -0.39 is 11.8 Å². The molecule has 5 aromatic rings. The summed E-state index contributed by atoms with van der Waals surface area (Å²) in [5.41, 5.74) is 2.96. The molecule has 48 heavy (non-hydrogen) atoms. The van der Waals surface area contributed by atoms with E-state index >= 15 is 0 Å². The number of hydrogen-bond donors (Lipinski definition) is 4. The number of H-pyrrole nitrogens is 1. The van der Waals surface area contributed by atoms with Crippen molar-refractivity contribution in [3.05, 3.63) is 114 Å². The third-order valence-electron chi connectivity index (χ3n) is 7.42. The molecule has 0 aliphatic rings. The van der Waals surface area contributed by atoms with E-state index in [0.29, 0.717) is 46.2 Å². The number of amides is 3. The second-order valence-electron chi connectivity index (χ2n) is 10.6. The van der Waals surface area contributed by atoms with Gasteiger partial charge in [0.15, 0.2) is 11.5 Å². The van der Waals surface area contributed by atoms with Crippen molar-refractivity contribution >= 4 is 57.8 Å². The minimum atomic E-state index is -0.567. The molecule has 1 atom stereocenters. The number of nitrogens with one attached hydrogen (secondary N) is 4. The van der Waals surface area contributed by atoms with Gasteiger partial charge in [-0.3, -0.25) is 14.4 Å². The van der Waals surface area contributed by atoms with Gasteiger partial charge < -0.3 is 35.1 Å². The summed E-state index contributed by atoms with van der Waals surface area (Å²) in [5.74, 6) is 0.113. The van der Waals surface area contributed by atoms with E-state index in [9.17, 15) is 14.4 Å². The van der Waals surface area contributed by atoms with E-state index in [2.05, 4.69) is 20.9 Å². The molecule has 0 bridgehead atoms. The maximum absolute atomic E-state index is 13.8. The first-order chi connectivity index (χ1) is 23.3. The zero-order valence-electron chi connectivity index (χ0n) is 27.0. The third kappa shape index (κ3) is 8.18. The summed E-state index contributed by atoms with van der Waals surface area (Å²) in [6, 6.07) is 26.8. The van der Waals surface area contributed by atoms with Crippen LogP contribution in [0.5, 0.6) is 17.2 Å². The molecule has 1 aromatic heterocycles. The number of thioether (sulfide) groups is 1. The molecule has 1 heterocycles. The lowest BCUT2D eigenvalue weighted by Crippen LogP contribution is -2.30. The summed E-state index contributed by atoms with van der Waals surface area (Å²) < 4.78 is 16.4. The van der Waals surface area contributed by atoms with Crippen molar-refractivity contribution in [1.82, 2.24) is 10.3 Å². The molecule has 5 rings (SSSR count). The highest BCUT2D eigenvalue weighted by molar-refractivity contribution is 8.00. The Morgan fingerprint density at radius 1 is 0.792 bits per heavy atom. The van der Waals surface area contributed by atoms with Crippen LogP contribution < -0.4 is 30.2 Å². The zero-order valence-corrected chi connectivity index (χ0v) is 27.8. The van der Waals surface area contributed by atoms with E-state index in [1.807, 2.05) is 43.5 Å². The molecule has 0 fully saturated rings. The number of hydrogen-bond acceptors (Lipinski definition) is 7. The van der Waals surface area contributed by atoms with Crippen molar-refractivity contribution in [3.63, 3.8) is 0 Å². The first-order valence-corrected chi connectivity index (χ1v) is 16.0. The summed E-state index contributed by atoms with van der Waals surface area (Å²) in [7, 11) is 4.51. The van der Waals surface area contributed by atoms with Gasteiger partial charge in [0.2, 0.25) is 5.91 Å². The average Bonchev–Trinajstić information content (AvgIpc) is 3.58. The van der Waals surface area contributed by atoms with Crippen LogP contribution in [0.3, 0.4) is 0 Å². The molecule has 0 saturated carbocycles. The van der Waals surface area contributed by atoms with E-state index in [0.717, 1.165) is 15.8 Å². The molecule has 4 N–H and O–H groups in total. The Hall–Kier alpha value is -5.68. The quantitative estimate of drug-likeness (QED) is 0.0779. The molecule has 246 valence electrons. The Kier molecular flexibility index (Phi) is 11.0. The lowest BCUT2D eigenvalue weighted by Gasteiger charge is -2.16. The summed E-state index contributed by atoms with van der Waals surface area (Å²) in [6.07, 6.45) is 3.96. The third-order valence-corrected chi connectivity index (χ3v) is 8.78. The molecule has 3 amide bonds. The van der Waals surface area contributed by atoms with Gasteiger partial charge in [-0.25, -0.2) is 0 Å². The number of methoxy groups -OCH3 is 3. The van der Waals surface area contributed by atoms with Gasteiger partial charge in [0, 0.05) is 45.2 Å². The summed E-state index contributed by atoms with van der Waals surface area (Å²) >= 11 is 1.40. The van der Waals surface area contributed by atoms with Crippen LogP contribution in [0.1, 0.15) is 29.3 Å². The minimum Gasteiger partial charge on any atom is -0.496 e. The molecule has 0 radical (unpaired) electrons. The van der Waals surface area contributed by atoms with Gasteiger partial charge >= 0.3 is 0 Å². The number of rotatable bonds is 13. The van der Waals surface area contributed by atoms with Gasteiger partial charge in [-0.2, -0.15) is 0 Å². The predicted octanol–water partition coefficient (Wildman–Crippen LogP) is 7.11. The van der Waals surface area contributed by atoms with Crippen molar-refractivity contribution in [1.29, 1.82) is 0 Å². The van der Waals surface area contributed by atoms with Gasteiger partial charge in [0.1, 0.15) is 11.4 Å². The number of carbonyl (C=O) groups excluding carboxylic acids is 3. The smallest absolute Gasteiger partial charge is 0.272 e. The molecule has 0 aliphatic carbocycles. The number of aromatic nitrogens is 1. The maximum atomic E-state index is 13.8. The second-order valence-corrected chi connectivity index (χ2v) is 11.9. The average molecular weight is 665 g/mol. The Morgan fingerprint density at radius 2 is 1.52 bits per heavy atom. The molecule has 10 nitrogen and oxygen atoms in total. The standard InChI is InChI=1S/C37H36N4O6S/c1-5-34(37(44)40-27-15-14-23-16-17-38-29(23)21-27)48-28-13-9-12-26(20-28)39-36(43)30(41-35(42)24-10-7-6-8-11-24)18-25-19-32(46-3)33(47-4)22-31(25)45-2/h6-22,34,38H,5H2,1-4H3,(H,39,43)(H,40,44)(H,41,42)/b30-18+. The molecular formula is C37H36N4O6S. The topological polar surface area (TPSA) is 131 Å². The Balaban J connectivity index is 1.37. The Bertz CT molecular complexity index is 1960. The molecule has 1 unspecified atom stereocenters. The number of ether oxygens (including phenoxy) is 3. The fourth-order valence-electron chi connectivity index (χ4n) is 4.94. The molecular weight excluding hydrogens is 628 g/mol. The normalized spacial score (nSPS) is 11.8. The SMILES string of the molecule is CCC(Sc1cccc(NC(=O)/C(=C\c2cc(OC)c(OC)cc2OC)NC(=O)c2ccccc2)c1)C(=O)Nc1ccc2cc[nH]c2c1. The highest BCUT2D eigenvalue weighted by atomic mass is 32.2. The summed E-state index contributed by atoms with van der Waals surface area (Å²) in [4.78, 5) is 44.1. The van der Waals surface area contributed by atoms with Gasteiger partial charge in [-0.15, -0.1) is 11.8 Å². The number of anilines is 2. The molecule has 0 aliphatic heterocycles. The fraction of sp³-hybridized carbons (Fsp3) is 0.162. The summed E-state index contributed by atoms with van der Waals surface area (Å²) in [5, 5.41) is 9.33. The fourth-order valence-corrected chi connectivity index (χ4v) is 5.96. The van der Waals surface area contributed by atoms with Gasteiger partial charge in [-0.1, -0.05) is 37.3 Å². The van der Waals surface area contributed by atoms with Crippen molar-refractivity contribution in [2.24, 2.45) is 0 Å². The Labute approximate surface area is 282 Å². The monoisotopic (exact) mass is 664 g/mol. The first-order valence-electron chi connectivity index (χ1n) is 15.2. The van der Waals surface area contributed by atoms with E-state index in [1.54, 1.807) is 60.7 Å². The summed E-state index contributed by atoms with van der Waals surface area (Å²) in [6.45, 7) is 1.95. The van der Waals surface area contributed by atoms with Gasteiger partial charge in [0.05, 0.1) is 26.6 Å². The molecule has 11 heteroatoms. The van der Waals surface area contributed by atoms with Crippen LogP contribution in [0, 0.1) is 0 Å². The van der Waals surface area contributed by atoms with Crippen LogP contribution in [-0.4, -0.2) is 49.3 Å².